The number of likely N-dealkylation sites (tertiary alicyclic amines) is 1. The number of furan rings is 2. The Morgan fingerprint density at radius 1 is 0.320 bits per heavy atom. The number of hydrogen-bond acceptors (Lipinski definition) is 18. The molecular formula is C125H113N13O12. The maximum atomic E-state index is 13.0. The van der Waals surface area contributed by atoms with Gasteiger partial charge in [0.05, 0.1) is 87.5 Å². The molecule has 0 spiro atoms. The average Bonchev–Trinajstić information content (AvgIpc) is 1.61. The van der Waals surface area contributed by atoms with Crippen LogP contribution >= 0.6 is 0 Å². The zero-order chi connectivity index (χ0) is 104. The minimum absolute atomic E-state index is 0.0387. The summed E-state index contributed by atoms with van der Waals surface area (Å²) in [6.07, 6.45) is 8.26. The van der Waals surface area contributed by atoms with Gasteiger partial charge in [-0.05, 0) is 188 Å². The first-order valence-electron chi connectivity index (χ1n) is 51.3. The number of piperidine rings is 1. The van der Waals surface area contributed by atoms with E-state index in [1.807, 2.05) is 176 Å². The lowest BCUT2D eigenvalue weighted by molar-refractivity contribution is -0.118. The molecule has 1 aliphatic heterocycles. The molecule has 0 amide bonds. The maximum Gasteiger partial charge on any atom is 0.274 e. The molecule has 13 aromatic carbocycles. The fourth-order valence-electron chi connectivity index (χ4n) is 22.8. The second-order valence-electron chi connectivity index (χ2n) is 40.3. The summed E-state index contributed by atoms with van der Waals surface area (Å²) in [5, 5.41) is 36.4. The van der Waals surface area contributed by atoms with Crippen LogP contribution in [-0.2, 0) is 149 Å². The highest BCUT2D eigenvalue weighted by Gasteiger charge is 2.44. The molecule has 3 aliphatic rings. The summed E-state index contributed by atoms with van der Waals surface area (Å²) >= 11 is 0. The van der Waals surface area contributed by atoms with Crippen LogP contribution in [0.2, 0.25) is 0 Å². The Kier molecular flexibility index (Phi) is 27.7. The number of para-hydroxylation sites is 3. The maximum absolute atomic E-state index is 13.0. The van der Waals surface area contributed by atoms with E-state index < -0.39 is 0 Å². The van der Waals surface area contributed by atoms with E-state index in [1.165, 1.54) is 74.7 Å². The predicted octanol–water partition coefficient (Wildman–Crippen LogP) is 20.0. The van der Waals surface area contributed by atoms with Gasteiger partial charge in [-0.15, -0.1) is 0 Å². The topological polar surface area (TPSA) is 310 Å². The molecule has 150 heavy (non-hydrogen) atoms. The van der Waals surface area contributed by atoms with Gasteiger partial charge in [0.1, 0.15) is 51.4 Å². The Balaban J connectivity index is 0.000000110. The summed E-state index contributed by atoms with van der Waals surface area (Å²) in [4.78, 5) is 132. The standard InChI is InChI=1S/C27H31N3O2.C26H23N3O2.C24H19N3O2.C24H18N2O3.C24H22N2O3/c1-16-15-29(3)17(2)26-23(16)13-19-10-9-18(12-24(19)26)11-20(31)14-25-21-7-5-6-8-22(21)27(32)30(4)28-25;1-3-29-24-11-7-6-9-20(24)22-15-17(12-13-25(22)29)14-18(30)16-23-19-8-4-5-10-21(19)26(31)28(2)27-23;1-27-24(29)19-8-3-2-6-17(19)23(26-27)14-16(28)12-15-10-11-22-20(13-15)18-7-4-5-9-21(18)25-22;1-26-24(28)20-8-3-2-6-17(20)21(25-26)14-16(27)12-15-10-11-19-18-7-4-5-9-22(18)29-23(19)13-15;1-26-24(28)19-8-3-2-6-17(19)21(25-26)14-16(27)12-15-10-11-23-20(13-15)18-7-4-5-9-22(18)29-23/h5-10,12,16-17,23,26H,11,13-15H2,1-4H3;4-13,15H,3,14,16H2,1-2H3;2-11,13,25H,12,14H2,1H3;2-11,13H,12,14H2,1H3;2-3,6,8,10-11,13H,4-5,7,9,12,14H2,1H3. The number of H-pyrrole nitrogens is 1. The molecule has 22 aromatic rings. The van der Waals surface area contributed by atoms with Gasteiger partial charge in [-0.2, -0.15) is 25.5 Å². The van der Waals surface area contributed by atoms with Crippen LogP contribution in [0, 0.1) is 11.8 Å². The van der Waals surface area contributed by atoms with Crippen LogP contribution in [-0.4, -0.2) is 112 Å². The number of nitrogens with zero attached hydrogens (tertiary/aromatic N) is 12. The molecule has 9 aromatic heterocycles. The number of carbonyl (C=O) groups excluding carboxylic acids is 5. The molecule has 25 heteroatoms. The summed E-state index contributed by atoms with van der Waals surface area (Å²) in [5.74, 6) is 3.42. The molecule has 1 fully saturated rings. The summed E-state index contributed by atoms with van der Waals surface area (Å²) in [6, 6.07) is 92.6. The van der Waals surface area contributed by atoms with Crippen molar-refractivity contribution in [1.29, 1.82) is 0 Å². The second-order valence-corrected chi connectivity index (χ2v) is 40.3. The number of carbonyl (C=O) groups is 5. The van der Waals surface area contributed by atoms with E-state index in [9.17, 15) is 47.9 Å². The third kappa shape index (κ3) is 19.9. The van der Waals surface area contributed by atoms with E-state index in [0.717, 1.165) is 148 Å². The molecule has 4 unspecified atom stereocenters. The molecule has 4 atom stereocenters. The molecule has 25 nitrogen and oxygen atoms in total. The highest BCUT2D eigenvalue weighted by Crippen LogP contribution is 2.49. The van der Waals surface area contributed by atoms with Crippen molar-refractivity contribution in [2.45, 2.75) is 136 Å². The van der Waals surface area contributed by atoms with Gasteiger partial charge >= 0.3 is 0 Å². The summed E-state index contributed by atoms with van der Waals surface area (Å²) in [7, 11) is 10.3. The van der Waals surface area contributed by atoms with Crippen LogP contribution in [0.4, 0.5) is 0 Å². The van der Waals surface area contributed by atoms with E-state index in [1.54, 1.807) is 65.6 Å². The number of Topliss-reactive ketones (excluding diaryl/α,β-unsaturated/α-hetero) is 5. The molecule has 1 N–H and O–H groups in total. The van der Waals surface area contributed by atoms with Gasteiger partial charge in [0.15, 0.2) is 0 Å². The number of nitrogens with one attached hydrogen (secondary N) is 1. The van der Waals surface area contributed by atoms with Gasteiger partial charge in [-0.3, -0.25) is 47.9 Å². The van der Waals surface area contributed by atoms with E-state index in [0.29, 0.717) is 105 Å². The molecule has 0 saturated carbocycles. The van der Waals surface area contributed by atoms with Crippen LogP contribution < -0.4 is 27.8 Å². The first-order valence-corrected chi connectivity index (χ1v) is 51.3. The highest BCUT2D eigenvalue weighted by molar-refractivity contribution is 6.10. The van der Waals surface area contributed by atoms with Crippen molar-refractivity contribution in [3.05, 3.63) is 416 Å². The SMILES string of the molecule is CC1CN(C)C(C)C2c3cc(CC(=O)Cc4nn(C)c(=O)c5ccccc45)ccc3CC12.CCn1c2ccccc2c2cc(CC(=O)Cc3nn(C)c(=O)c4ccccc34)ccc21.Cn1nc(CC(=O)Cc2ccc3[nH]c4ccccc4c3c2)c2ccccc2c1=O.Cn1nc(CC(=O)Cc2ccc3c(c2)oc2ccccc23)c2ccccc2c1=O.Cn1nc(CC(=O)Cc2ccc3oc4c(c3c2)CCCC4)c2ccccc2c1=O. The fourth-order valence-corrected chi connectivity index (χ4v) is 22.8. The molecule has 2 aliphatic carbocycles. The van der Waals surface area contributed by atoms with Gasteiger partial charge in [-0.1, -0.05) is 201 Å². The third-order valence-corrected chi connectivity index (χ3v) is 30.2. The Morgan fingerprint density at radius 2 is 0.673 bits per heavy atom. The normalized spacial score (nSPS) is 14.8. The summed E-state index contributed by atoms with van der Waals surface area (Å²) in [5.41, 5.74) is 18.7. The first kappa shape index (κ1) is 98.8. The fraction of sp³-hybridized carbons (Fsp3) is 0.240. The second kappa shape index (κ2) is 42.0. The van der Waals surface area contributed by atoms with Gasteiger partial charge < -0.3 is 23.3 Å². The highest BCUT2D eigenvalue weighted by atomic mass is 16.3. The van der Waals surface area contributed by atoms with Crippen molar-refractivity contribution in [2.75, 3.05) is 13.6 Å². The van der Waals surface area contributed by atoms with Crippen molar-refractivity contribution in [2.24, 2.45) is 47.1 Å². The van der Waals surface area contributed by atoms with E-state index in [-0.39, 0.29) is 95.2 Å². The number of benzene rings is 13. The van der Waals surface area contributed by atoms with Gasteiger partial charge in [0, 0.05) is 191 Å². The van der Waals surface area contributed by atoms with E-state index in [2.05, 4.69) is 147 Å². The first-order chi connectivity index (χ1) is 72.7. The zero-order valence-corrected chi connectivity index (χ0v) is 85.2. The number of fused-ring (bicyclic) bond motifs is 20. The lowest BCUT2D eigenvalue weighted by Crippen LogP contribution is -2.46. The molecule has 0 radical (unpaired) electrons. The van der Waals surface area contributed by atoms with Crippen molar-refractivity contribution >= 4 is 159 Å². The largest absolute Gasteiger partial charge is 0.461 e. The Morgan fingerprint density at radius 3 is 1.15 bits per heavy atom. The Bertz CT molecular complexity index is 9530. The number of ketones is 5. The summed E-state index contributed by atoms with van der Waals surface area (Å²) in [6.45, 7) is 8.91. The average molecular weight is 1990 g/mol. The van der Waals surface area contributed by atoms with E-state index in [4.69, 9.17) is 8.83 Å². The molecule has 10 heterocycles. The number of aromatic amines is 1. The number of rotatable bonds is 21. The quantitative estimate of drug-likeness (QED) is 0.0698. The van der Waals surface area contributed by atoms with Gasteiger partial charge in [0.2, 0.25) is 0 Å². The van der Waals surface area contributed by atoms with Crippen LogP contribution in [0.5, 0.6) is 0 Å². The van der Waals surface area contributed by atoms with Crippen molar-refractivity contribution in [3.8, 4) is 0 Å². The number of likely N-dealkylation sites (N-methyl/N-ethyl adjacent to an activating group) is 1. The van der Waals surface area contributed by atoms with Gasteiger partial charge in [-0.25, -0.2) is 23.4 Å². The third-order valence-electron chi connectivity index (χ3n) is 30.2. The minimum Gasteiger partial charge on any atom is -0.461 e. The van der Waals surface area contributed by atoms with Crippen LogP contribution in [0.1, 0.15) is 118 Å². The van der Waals surface area contributed by atoms with Crippen LogP contribution in [0.15, 0.2) is 318 Å². The molecule has 750 valence electrons. The summed E-state index contributed by atoms with van der Waals surface area (Å²) < 4.78 is 20.8. The minimum atomic E-state index is -0.160. The van der Waals surface area contributed by atoms with Crippen molar-refractivity contribution in [1.82, 2.24) is 63.4 Å². The molecule has 0 bridgehead atoms. The number of hydrogen-bond donors (Lipinski definition) is 1. The lowest BCUT2D eigenvalue weighted by Gasteiger charge is -2.43. The monoisotopic (exact) mass is 1990 g/mol. The predicted molar refractivity (Wildman–Crippen MR) is 592 cm³/mol. The van der Waals surface area contributed by atoms with E-state index >= 15 is 0 Å². The van der Waals surface area contributed by atoms with Crippen molar-refractivity contribution in [3.63, 3.8) is 0 Å². The Hall–Kier alpha value is -17.2. The van der Waals surface area contributed by atoms with Crippen LogP contribution in [0.3, 0.4) is 0 Å². The lowest BCUT2D eigenvalue weighted by atomic mass is 9.75. The number of aromatic nitrogens is 12. The molecule has 1 saturated heterocycles. The zero-order valence-electron chi connectivity index (χ0n) is 85.2. The molecular weight excluding hydrogens is 1880 g/mol. The smallest absolute Gasteiger partial charge is 0.274 e. The van der Waals surface area contributed by atoms with Crippen molar-refractivity contribution < 1.29 is 32.8 Å². The van der Waals surface area contributed by atoms with Gasteiger partial charge in [0.25, 0.3) is 27.8 Å². The number of aryl methyl sites for hydroxylation is 8. The molecule has 25 rings (SSSR count). The Labute approximate surface area is 862 Å². The van der Waals surface area contributed by atoms with Crippen LogP contribution in [0.25, 0.3) is 130 Å².